The summed E-state index contributed by atoms with van der Waals surface area (Å²) >= 11 is 0. The molecule has 1 saturated heterocycles. The molecule has 0 aromatic carbocycles. The highest BCUT2D eigenvalue weighted by atomic mass is 16.1. The molecule has 0 saturated carbocycles. The Labute approximate surface area is 108 Å². The second-order valence-corrected chi connectivity index (χ2v) is 4.41. The first-order valence-electron chi connectivity index (χ1n) is 7.04. The quantitative estimate of drug-likeness (QED) is 0.597. The molecule has 0 aromatic heterocycles. The molecule has 0 amide bonds. The fourth-order valence-electron chi connectivity index (χ4n) is 1.55. The number of likely N-dealkylation sites (tertiary alicyclic amines) is 1. The number of nitrogens with two attached hydrogens (primary N) is 1. The summed E-state index contributed by atoms with van der Waals surface area (Å²) in [5, 5.41) is 0. The van der Waals surface area contributed by atoms with Crippen molar-refractivity contribution < 1.29 is 4.79 Å². The van der Waals surface area contributed by atoms with Crippen molar-refractivity contribution in [2.24, 2.45) is 11.7 Å². The van der Waals surface area contributed by atoms with E-state index in [1.807, 2.05) is 20.8 Å². The monoisotopic (exact) mass is 244 g/mol. The predicted molar refractivity (Wildman–Crippen MR) is 76.2 cm³/mol. The Balaban J connectivity index is 0. The largest absolute Gasteiger partial charge is 0.330 e. The summed E-state index contributed by atoms with van der Waals surface area (Å²) in [5.74, 6) is 0.219. The van der Waals surface area contributed by atoms with Gasteiger partial charge in [0.05, 0.1) is 0 Å². The average Bonchev–Trinajstić information content (AvgIpc) is 2.84. The van der Waals surface area contributed by atoms with E-state index in [0.29, 0.717) is 0 Å². The second-order valence-electron chi connectivity index (χ2n) is 4.41. The maximum atomic E-state index is 10.1. The molecule has 1 rings (SSSR count). The summed E-state index contributed by atoms with van der Waals surface area (Å²) in [7, 11) is 2.17. The van der Waals surface area contributed by atoms with Gasteiger partial charge in [-0.25, -0.2) is 0 Å². The van der Waals surface area contributed by atoms with Gasteiger partial charge in [-0.05, 0) is 52.4 Å². The summed E-state index contributed by atoms with van der Waals surface area (Å²) in [5.41, 5.74) is 5.27. The molecule has 17 heavy (non-hydrogen) atoms. The van der Waals surface area contributed by atoms with Crippen LogP contribution in [0.3, 0.4) is 0 Å². The minimum Gasteiger partial charge on any atom is -0.330 e. The van der Waals surface area contributed by atoms with Gasteiger partial charge in [0.2, 0.25) is 0 Å². The number of hydrogen-bond donors (Lipinski definition) is 1. The Morgan fingerprint density at radius 2 is 1.76 bits per heavy atom. The highest BCUT2D eigenvalue weighted by Gasteiger charge is 2.03. The molecular formula is C14H32N2O. The normalized spacial score (nSPS) is 16.3. The number of rotatable bonds is 5. The van der Waals surface area contributed by atoms with E-state index in [-0.39, 0.29) is 5.92 Å². The van der Waals surface area contributed by atoms with Gasteiger partial charge in [0.1, 0.15) is 6.29 Å². The smallest absolute Gasteiger partial charge is 0.122 e. The van der Waals surface area contributed by atoms with Gasteiger partial charge < -0.3 is 15.4 Å². The number of carbonyl (C=O) groups is 1. The lowest BCUT2D eigenvalue weighted by molar-refractivity contribution is -0.110. The van der Waals surface area contributed by atoms with Crippen LogP contribution in [0.15, 0.2) is 0 Å². The summed E-state index contributed by atoms with van der Waals surface area (Å²) < 4.78 is 0. The fraction of sp³-hybridized carbons (Fsp3) is 0.929. The van der Waals surface area contributed by atoms with Crippen molar-refractivity contribution in [1.29, 1.82) is 0 Å². The van der Waals surface area contributed by atoms with Crippen LogP contribution in [0.1, 0.15) is 52.9 Å². The van der Waals surface area contributed by atoms with Gasteiger partial charge in [0.15, 0.2) is 0 Å². The SMILES string of the molecule is CC.CC(C=O)CCCCN.CN1CCCC1. The minimum absolute atomic E-state index is 0.219. The van der Waals surface area contributed by atoms with Gasteiger partial charge in [0.25, 0.3) is 0 Å². The molecule has 0 aromatic rings. The maximum absolute atomic E-state index is 10.1. The molecule has 1 heterocycles. The van der Waals surface area contributed by atoms with E-state index < -0.39 is 0 Å². The summed E-state index contributed by atoms with van der Waals surface area (Å²) in [6.07, 6.45) is 6.93. The van der Waals surface area contributed by atoms with Crippen LogP contribution >= 0.6 is 0 Å². The van der Waals surface area contributed by atoms with Crippen LogP contribution in [-0.2, 0) is 4.79 Å². The van der Waals surface area contributed by atoms with E-state index in [4.69, 9.17) is 5.73 Å². The van der Waals surface area contributed by atoms with Crippen molar-refractivity contribution in [3.8, 4) is 0 Å². The highest BCUT2D eigenvalue weighted by molar-refractivity contribution is 5.52. The third-order valence-corrected chi connectivity index (χ3v) is 2.68. The van der Waals surface area contributed by atoms with Crippen LogP contribution < -0.4 is 5.73 Å². The molecule has 0 radical (unpaired) electrons. The van der Waals surface area contributed by atoms with E-state index in [1.165, 1.54) is 25.9 Å². The molecular weight excluding hydrogens is 212 g/mol. The molecule has 1 aliphatic heterocycles. The van der Waals surface area contributed by atoms with Crippen molar-refractivity contribution in [2.45, 2.75) is 52.9 Å². The van der Waals surface area contributed by atoms with Crippen LogP contribution in [0.4, 0.5) is 0 Å². The van der Waals surface area contributed by atoms with E-state index in [2.05, 4.69) is 11.9 Å². The zero-order valence-corrected chi connectivity index (χ0v) is 12.2. The molecule has 0 bridgehead atoms. The van der Waals surface area contributed by atoms with Gasteiger partial charge >= 0.3 is 0 Å². The zero-order chi connectivity index (χ0) is 13.5. The summed E-state index contributed by atoms with van der Waals surface area (Å²) in [6, 6.07) is 0. The second kappa shape index (κ2) is 15.6. The molecule has 3 heteroatoms. The Morgan fingerprint density at radius 1 is 1.24 bits per heavy atom. The molecule has 1 unspecified atom stereocenters. The number of aldehydes is 1. The lowest BCUT2D eigenvalue weighted by atomic mass is 10.1. The van der Waals surface area contributed by atoms with E-state index in [1.54, 1.807) is 0 Å². The standard InChI is InChI=1S/C7H15NO.C5H11N.C2H6/c1-7(6-9)4-2-3-5-8;1-6-4-2-3-5-6;1-2/h6-7H,2-5,8H2,1H3;2-5H2,1H3;1-2H3. The van der Waals surface area contributed by atoms with Crippen LogP contribution in [0, 0.1) is 5.92 Å². The first-order valence-corrected chi connectivity index (χ1v) is 7.04. The Morgan fingerprint density at radius 3 is 2.06 bits per heavy atom. The minimum atomic E-state index is 0.219. The van der Waals surface area contributed by atoms with Gasteiger partial charge in [-0.2, -0.15) is 0 Å². The van der Waals surface area contributed by atoms with Crippen LogP contribution in [-0.4, -0.2) is 37.9 Å². The summed E-state index contributed by atoms with van der Waals surface area (Å²) in [4.78, 5) is 12.4. The molecule has 1 aliphatic rings. The zero-order valence-electron chi connectivity index (χ0n) is 12.2. The van der Waals surface area contributed by atoms with E-state index in [9.17, 15) is 4.79 Å². The van der Waals surface area contributed by atoms with Gasteiger partial charge in [-0.15, -0.1) is 0 Å². The number of nitrogens with zero attached hydrogens (tertiary/aromatic N) is 1. The van der Waals surface area contributed by atoms with Crippen molar-refractivity contribution >= 4 is 6.29 Å². The van der Waals surface area contributed by atoms with Crippen molar-refractivity contribution in [3.05, 3.63) is 0 Å². The lowest BCUT2D eigenvalue weighted by Crippen LogP contribution is -2.10. The Kier molecular flexibility index (Phi) is 17.4. The first-order chi connectivity index (χ1) is 8.20. The Bertz CT molecular complexity index is 145. The average molecular weight is 244 g/mol. The number of carbonyl (C=O) groups excluding carboxylic acids is 1. The number of hydrogen-bond acceptors (Lipinski definition) is 3. The molecule has 1 fully saturated rings. The fourth-order valence-corrected chi connectivity index (χ4v) is 1.55. The van der Waals surface area contributed by atoms with Crippen LogP contribution in [0.25, 0.3) is 0 Å². The molecule has 2 N–H and O–H groups in total. The molecule has 104 valence electrons. The third kappa shape index (κ3) is 15.6. The number of unbranched alkanes of at least 4 members (excludes halogenated alkanes) is 1. The van der Waals surface area contributed by atoms with E-state index >= 15 is 0 Å². The van der Waals surface area contributed by atoms with Gasteiger partial charge in [-0.1, -0.05) is 27.2 Å². The maximum Gasteiger partial charge on any atom is 0.122 e. The first kappa shape index (κ1) is 18.9. The topological polar surface area (TPSA) is 46.3 Å². The highest BCUT2D eigenvalue weighted by Crippen LogP contribution is 2.03. The van der Waals surface area contributed by atoms with Gasteiger partial charge in [0, 0.05) is 5.92 Å². The van der Waals surface area contributed by atoms with E-state index in [0.717, 1.165) is 32.1 Å². The van der Waals surface area contributed by atoms with Crippen molar-refractivity contribution in [3.63, 3.8) is 0 Å². The molecule has 0 aliphatic carbocycles. The molecule has 0 spiro atoms. The van der Waals surface area contributed by atoms with Crippen LogP contribution in [0.2, 0.25) is 0 Å². The summed E-state index contributed by atoms with van der Waals surface area (Å²) in [6.45, 7) is 9.31. The Hall–Kier alpha value is -0.410. The molecule has 1 atom stereocenters. The third-order valence-electron chi connectivity index (χ3n) is 2.68. The predicted octanol–water partition coefficient (Wildman–Crippen LogP) is 2.69. The van der Waals surface area contributed by atoms with Gasteiger partial charge in [-0.3, -0.25) is 0 Å². The molecule has 3 nitrogen and oxygen atoms in total. The van der Waals surface area contributed by atoms with Crippen molar-refractivity contribution in [1.82, 2.24) is 4.90 Å². The van der Waals surface area contributed by atoms with Crippen LogP contribution in [0.5, 0.6) is 0 Å². The lowest BCUT2D eigenvalue weighted by Gasteiger charge is -2.01. The van der Waals surface area contributed by atoms with Crippen molar-refractivity contribution in [2.75, 3.05) is 26.7 Å².